The van der Waals surface area contributed by atoms with Crippen molar-refractivity contribution in [1.82, 2.24) is 10.6 Å². The van der Waals surface area contributed by atoms with Gasteiger partial charge in [0.2, 0.25) is 0 Å². The summed E-state index contributed by atoms with van der Waals surface area (Å²) in [7, 11) is 0. The second kappa shape index (κ2) is 10.6. The van der Waals surface area contributed by atoms with E-state index in [1.807, 2.05) is 31.2 Å². The molecule has 0 aliphatic carbocycles. The average molecular weight is 463 g/mol. The van der Waals surface area contributed by atoms with E-state index in [0.29, 0.717) is 39.0 Å². The van der Waals surface area contributed by atoms with Crippen LogP contribution in [0, 0.1) is 0 Å². The quantitative estimate of drug-likeness (QED) is 0.504. The molecular weight excluding hydrogens is 439 g/mol. The van der Waals surface area contributed by atoms with Crippen LogP contribution in [0.5, 0.6) is 5.75 Å². The Hall–Kier alpha value is -2.70. The van der Waals surface area contributed by atoms with E-state index in [4.69, 9.17) is 32.7 Å². The zero-order chi connectivity index (χ0) is 22.4. The first-order valence-electron chi connectivity index (χ1n) is 10.1. The number of hydrogen-bond donors (Lipinski definition) is 2. The normalized spacial score (nSPS) is 15.9. The molecule has 31 heavy (non-hydrogen) atoms. The van der Waals surface area contributed by atoms with E-state index in [9.17, 15) is 9.59 Å². The Bertz CT molecular complexity index is 1010. The first kappa shape index (κ1) is 23.0. The van der Waals surface area contributed by atoms with Crippen molar-refractivity contribution in [2.75, 3.05) is 6.61 Å². The number of esters is 1. The Morgan fingerprint density at radius 1 is 1.10 bits per heavy atom. The van der Waals surface area contributed by atoms with E-state index < -0.39 is 12.0 Å². The molecule has 2 aromatic carbocycles. The van der Waals surface area contributed by atoms with Gasteiger partial charge in [0.25, 0.3) is 0 Å². The van der Waals surface area contributed by atoms with E-state index in [-0.39, 0.29) is 19.2 Å². The molecule has 164 valence electrons. The highest BCUT2D eigenvalue weighted by Crippen LogP contribution is 2.35. The van der Waals surface area contributed by atoms with Gasteiger partial charge in [0.15, 0.2) is 0 Å². The van der Waals surface area contributed by atoms with Crippen molar-refractivity contribution in [1.29, 1.82) is 0 Å². The third-order valence-electron chi connectivity index (χ3n) is 4.76. The van der Waals surface area contributed by atoms with Crippen molar-refractivity contribution in [2.45, 2.75) is 39.3 Å². The molecule has 1 heterocycles. The van der Waals surface area contributed by atoms with Crippen molar-refractivity contribution >= 4 is 35.2 Å². The van der Waals surface area contributed by atoms with Crippen LogP contribution >= 0.6 is 23.2 Å². The number of benzene rings is 2. The topological polar surface area (TPSA) is 76.7 Å². The fraction of sp³-hybridized carbons (Fsp3) is 0.304. The zero-order valence-corrected chi connectivity index (χ0v) is 18.8. The lowest BCUT2D eigenvalue weighted by Gasteiger charge is -2.30. The maximum atomic E-state index is 12.8. The van der Waals surface area contributed by atoms with Crippen molar-refractivity contribution < 1.29 is 19.1 Å². The smallest absolute Gasteiger partial charge is 0.338 e. The largest absolute Gasteiger partial charge is 0.489 e. The van der Waals surface area contributed by atoms with Gasteiger partial charge >= 0.3 is 12.0 Å². The molecule has 0 saturated carbocycles. The van der Waals surface area contributed by atoms with Gasteiger partial charge in [0.1, 0.15) is 12.4 Å². The molecule has 0 bridgehead atoms. The van der Waals surface area contributed by atoms with Crippen LogP contribution in [-0.2, 0) is 16.1 Å². The van der Waals surface area contributed by atoms with Gasteiger partial charge in [0.05, 0.1) is 28.3 Å². The van der Waals surface area contributed by atoms with Gasteiger partial charge in [-0.25, -0.2) is 9.59 Å². The first-order valence-corrected chi connectivity index (χ1v) is 10.8. The number of carbonyl (C=O) groups excluding carboxylic acids is 2. The number of urea groups is 1. The minimum absolute atomic E-state index is 0.234. The van der Waals surface area contributed by atoms with Crippen molar-refractivity contribution in [3.8, 4) is 5.75 Å². The standard InChI is InChI=1S/C23H24Cl2N2O4/c1-3-7-18-20(22(28)30-4-2)21(27-23(29)26-18)15-8-5-6-9-19(15)31-13-14-10-11-16(24)17(25)12-14/h5-6,8-12,21H,3-4,7,13H2,1-2H3,(H2,26,27,29). The van der Waals surface area contributed by atoms with Crippen LogP contribution in [0.2, 0.25) is 10.0 Å². The minimum Gasteiger partial charge on any atom is -0.489 e. The zero-order valence-electron chi connectivity index (χ0n) is 17.3. The van der Waals surface area contributed by atoms with Gasteiger partial charge in [-0.05, 0) is 37.1 Å². The molecule has 0 aromatic heterocycles. The molecule has 1 atom stereocenters. The van der Waals surface area contributed by atoms with Crippen LogP contribution < -0.4 is 15.4 Å². The number of allylic oxidation sites excluding steroid dienone is 1. The molecule has 2 aromatic rings. The van der Waals surface area contributed by atoms with Crippen molar-refractivity contribution in [3.05, 3.63) is 74.9 Å². The van der Waals surface area contributed by atoms with E-state index in [2.05, 4.69) is 10.6 Å². The van der Waals surface area contributed by atoms with Gasteiger partial charge in [-0.1, -0.05) is 60.8 Å². The summed E-state index contributed by atoms with van der Waals surface area (Å²) < 4.78 is 11.3. The number of ether oxygens (including phenoxy) is 2. The fourth-order valence-electron chi connectivity index (χ4n) is 3.39. The summed E-state index contributed by atoms with van der Waals surface area (Å²) in [6.07, 6.45) is 1.31. The molecule has 3 rings (SSSR count). The van der Waals surface area contributed by atoms with Crippen LogP contribution in [-0.4, -0.2) is 18.6 Å². The van der Waals surface area contributed by atoms with Crippen LogP contribution in [0.3, 0.4) is 0 Å². The molecule has 6 nitrogen and oxygen atoms in total. The minimum atomic E-state index is -0.695. The SMILES string of the molecule is CCCC1=C(C(=O)OCC)C(c2ccccc2OCc2ccc(Cl)c(Cl)c2)NC(=O)N1. The van der Waals surface area contributed by atoms with Crippen LogP contribution in [0.15, 0.2) is 53.7 Å². The first-order chi connectivity index (χ1) is 14.9. The van der Waals surface area contributed by atoms with Crippen LogP contribution in [0.25, 0.3) is 0 Å². The molecule has 8 heteroatoms. The summed E-state index contributed by atoms with van der Waals surface area (Å²) in [6.45, 7) is 4.20. The number of rotatable bonds is 8. The lowest BCUT2D eigenvalue weighted by molar-refractivity contribution is -0.139. The molecule has 0 spiro atoms. The average Bonchev–Trinajstić information content (AvgIpc) is 2.75. The predicted octanol–water partition coefficient (Wildman–Crippen LogP) is 5.54. The fourth-order valence-corrected chi connectivity index (χ4v) is 3.71. The number of carbonyl (C=O) groups is 2. The molecule has 1 aliphatic rings. The molecular formula is C23H24Cl2N2O4. The van der Waals surface area contributed by atoms with E-state index in [1.54, 1.807) is 25.1 Å². The summed E-state index contributed by atoms with van der Waals surface area (Å²) >= 11 is 12.1. The van der Waals surface area contributed by atoms with E-state index in [1.165, 1.54) is 0 Å². The Kier molecular flexibility index (Phi) is 7.82. The third-order valence-corrected chi connectivity index (χ3v) is 5.50. The lowest BCUT2D eigenvalue weighted by atomic mass is 9.93. The summed E-state index contributed by atoms with van der Waals surface area (Å²) in [5.41, 5.74) is 2.45. The highest BCUT2D eigenvalue weighted by molar-refractivity contribution is 6.42. The van der Waals surface area contributed by atoms with Crippen molar-refractivity contribution in [3.63, 3.8) is 0 Å². The second-order valence-corrected chi connectivity index (χ2v) is 7.78. The van der Waals surface area contributed by atoms with Gasteiger partial charge in [0, 0.05) is 11.3 Å². The molecule has 0 saturated heterocycles. The molecule has 2 amide bonds. The van der Waals surface area contributed by atoms with Gasteiger partial charge in [-0.3, -0.25) is 0 Å². The van der Waals surface area contributed by atoms with Gasteiger partial charge in [-0.2, -0.15) is 0 Å². The lowest BCUT2D eigenvalue weighted by Crippen LogP contribution is -2.46. The molecule has 2 N–H and O–H groups in total. The Labute approximate surface area is 191 Å². The number of halogens is 2. The van der Waals surface area contributed by atoms with Gasteiger partial charge < -0.3 is 20.1 Å². The molecule has 1 aliphatic heterocycles. The molecule has 1 unspecified atom stereocenters. The number of hydrogen-bond acceptors (Lipinski definition) is 4. The summed E-state index contributed by atoms with van der Waals surface area (Å²) in [6, 6.07) is 11.5. The third kappa shape index (κ3) is 5.51. The number of nitrogens with one attached hydrogen (secondary N) is 2. The van der Waals surface area contributed by atoms with Gasteiger partial charge in [-0.15, -0.1) is 0 Å². The Balaban J connectivity index is 1.96. The van der Waals surface area contributed by atoms with E-state index in [0.717, 1.165) is 12.0 Å². The highest BCUT2D eigenvalue weighted by Gasteiger charge is 2.34. The predicted molar refractivity (Wildman–Crippen MR) is 120 cm³/mol. The monoisotopic (exact) mass is 462 g/mol. The van der Waals surface area contributed by atoms with Crippen LogP contribution in [0.4, 0.5) is 4.79 Å². The van der Waals surface area contributed by atoms with E-state index >= 15 is 0 Å². The summed E-state index contributed by atoms with van der Waals surface area (Å²) in [5, 5.41) is 6.51. The maximum absolute atomic E-state index is 12.8. The molecule has 0 fully saturated rings. The highest BCUT2D eigenvalue weighted by atomic mass is 35.5. The Morgan fingerprint density at radius 3 is 2.58 bits per heavy atom. The number of para-hydroxylation sites is 1. The summed E-state index contributed by atoms with van der Waals surface area (Å²) in [4.78, 5) is 25.1. The second-order valence-electron chi connectivity index (χ2n) is 6.97. The van der Waals surface area contributed by atoms with Crippen molar-refractivity contribution in [2.24, 2.45) is 0 Å². The maximum Gasteiger partial charge on any atom is 0.338 e. The Morgan fingerprint density at radius 2 is 1.87 bits per heavy atom. The number of amides is 2. The van der Waals surface area contributed by atoms with Crippen LogP contribution in [0.1, 0.15) is 43.9 Å². The molecule has 0 radical (unpaired) electrons. The summed E-state index contributed by atoms with van der Waals surface area (Å²) in [5.74, 6) is 0.0705.